The number of anilines is 2. The van der Waals surface area contributed by atoms with E-state index in [2.05, 4.69) is 21.2 Å². The van der Waals surface area contributed by atoms with Crippen molar-refractivity contribution in [2.24, 2.45) is 0 Å². The SMILES string of the molecule is CN(C)c1ccc(NC(=O)CCc2cccc(Br)c2)cc1. The zero-order valence-corrected chi connectivity index (χ0v) is 13.9. The first-order valence-corrected chi connectivity index (χ1v) is 7.65. The van der Waals surface area contributed by atoms with Crippen LogP contribution in [-0.4, -0.2) is 20.0 Å². The summed E-state index contributed by atoms with van der Waals surface area (Å²) < 4.78 is 1.04. The Morgan fingerprint density at radius 1 is 1.14 bits per heavy atom. The second-order valence-electron chi connectivity index (χ2n) is 5.12. The molecule has 0 atom stereocenters. The third kappa shape index (κ3) is 4.90. The molecule has 0 heterocycles. The number of nitrogens with one attached hydrogen (secondary N) is 1. The first kappa shape index (κ1) is 15.6. The van der Waals surface area contributed by atoms with E-state index in [1.165, 1.54) is 0 Å². The fraction of sp³-hybridized carbons (Fsp3) is 0.235. The van der Waals surface area contributed by atoms with Gasteiger partial charge in [-0.3, -0.25) is 4.79 Å². The highest BCUT2D eigenvalue weighted by Crippen LogP contribution is 2.16. The van der Waals surface area contributed by atoms with Gasteiger partial charge in [0.2, 0.25) is 5.91 Å². The molecule has 0 saturated carbocycles. The van der Waals surface area contributed by atoms with Crippen LogP contribution in [0.1, 0.15) is 12.0 Å². The van der Waals surface area contributed by atoms with Gasteiger partial charge in [-0.05, 0) is 48.4 Å². The van der Waals surface area contributed by atoms with Gasteiger partial charge in [-0.15, -0.1) is 0 Å². The Morgan fingerprint density at radius 2 is 1.86 bits per heavy atom. The Kier molecular flexibility index (Phi) is 5.39. The molecule has 0 saturated heterocycles. The summed E-state index contributed by atoms with van der Waals surface area (Å²) in [6.07, 6.45) is 1.22. The van der Waals surface area contributed by atoms with Crippen LogP contribution in [0.25, 0.3) is 0 Å². The van der Waals surface area contributed by atoms with Crippen molar-refractivity contribution in [1.29, 1.82) is 0 Å². The third-order valence-electron chi connectivity index (χ3n) is 3.20. The first-order valence-electron chi connectivity index (χ1n) is 6.86. The molecule has 0 radical (unpaired) electrons. The zero-order chi connectivity index (χ0) is 15.2. The zero-order valence-electron chi connectivity index (χ0n) is 12.3. The first-order chi connectivity index (χ1) is 10.0. The summed E-state index contributed by atoms with van der Waals surface area (Å²) in [5.41, 5.74) is 3.10. The summed E-state index contributed by atoms with van der Waals surface area (Å²) in [5.74, 6) is 0.0348. The monoisotopic (exact) mass is 346 g/mol. The standard InChI is InChI=1S/C17H19BrN2O/c1-20(2)16-9-7-15(8-10-16)19-17(21)11-6-13-4-3-5-14(18)12-13/h3-5,7-10,12H,6,11H2,1-2H3,(H,19,21). The van der Waals surface area contributed by atoms with Crippen LogP contribution in [0.15, 0.2) is 53.0 Å². The van der Waals surface area contributed by atoms with Crippen molar-refractivity contribution in [1.82, 2.24) is 0 Å². The molecule has 4 heteroatoms. The van der Waals surface area contributed by atoms with Gasteiger partial charge in [0.15, 0.2) is 0 Å². The number of halogens is 1. The average Bonchev–Trinajstić information content (AvgIpc) is 2.46. The number of hydrogen-bond donors (Lipinski definition) is 1. The van der Waals surface area contributed by atoms with Crippen LogP contribution in [0.5, 0.6) is 0 Å². The van der Waals surface area contributed by atoms with Crippen molar-refractivity contribution in [3.63, 3.8) is 0 Å². The number of hydrogen-bond acceptors (Lipinski definition) is 2. The number of carbonyl (C=O) groups is 1. The molecule has 0 fully saturated rings. The van der Waals surface area contributed by atoms with Gasteiger partial charge in [-0.25, -0.2) is 0 Å². The summed E-state index contributed by atoms with van der Waals surface area (Å²) >= 11 is 3.44. The van der Waals surface area contributed by atoms with Crippen molar-refractivity contribution in [2.45, 2.75) is 12.8 Å². The van der Waals surface area contributed by atoms with Gasteiger partial charge in [0.1, 0.15) is 0 Å². The van der Waals surface area contributed by atoms with E-state index >= 15 is 0 Å². The molecule has 1 N–H and O–H groups in total. The van der Waals surface area contributed by atoms with Crippen LogP contribution in [-0.2, 0) is 11.2 Å². The highest BCUT2D eigenvalue weighted by Gasteiger charge is 2.04. The van der Waals surface area contributed by atoms with Crippen LogP contribution < -0.4 is 10.2 Å². The molecule has 1 amide bonds. The van der Waals surface area contributed by atoms with Gasteiger partial charge in [0, 0.05) is 36.4 Å². The van der Waals surface area contributed by atoms with Crippen LogP contribution in [0, 0.1) is 0 Å². The van der Waals surface area contributed by atoms with E-state index < -0.39 is 0 Å². The molecule has 2 aromatic rings. The Balaban J connectivity index is 1.87. The number of benzene rings is 2. The Morgan fingerprint density at radius 3 is 2.48 bits per heavy atom. The smallest absolute Gasteiger partial charge is 0.224 e. The van der Waals surface area contributed by atoms with Gasteiger partial charge >= 0.3 is 0 Å². The summed E-state index contributed by atoms with van der Waals surface area (Å²) in [7, 11) is 3.98. The van der Waals surface area contributed by atoms with Crippen molar-refractivity contribution in [2.75, 3.05) is 24.3 Å². The molecule has 3 nitrogen and oxygen atoms in total. The minimum Gasteiger partial charge on any atom is -0.378 e. The Hall–Kier alpha value is -1.81. The Bertz CT molecular complexity index is 608. The lowest BCUT2D eigenvalue weighted by molar-refractivity contribution is -0.116. The highest BCUT2D eigenvalue weighted by atomic mass is 79.9. The lowest BCUT2D eigenvalue weighted by atomic mass is 10.1. The molecule has 110 valence electrons. The minimum absolute atomic E-state index is 0.0348. The number of amides is 1. The molecule has 0 spiro atoms. The predicted molar refractivity (Wildman–Crippen MR) is 91.9 cm³/mol. The van der Waals surface area contributed by atoms with Gasteiger partial charge in [-0.2, -0.15) is 0 Å². The van der Waals surface area contributed by atoms with Crippen molar-refractivity contribution in [3.8, 4) is 0 Å². The molecule has 21 heavy (non-hydrogen) atoms. The van der Waals surface area contributed by atoms with E-state index in [4.69, 9.17) is 0 Å². The van der Waals surface area contributed by atoms with Crippen molar-refractivity contribution < 1.29 is 4.79 Å². The topological polar surface area (TPSA) is 32.3 Å². The second-order valence-corrected chi connectivity index (χ2v) is 6.04. The summed E-state index contributed by atoms with van der Waals surface area (Å²) in [6.45, 7) is 0. The van der Waals surface area contributed by atoms with E-state index in [1.54, 1.807) is 0 Å². The fourth-order valence-corrected chi connectivity index (χ4v) is 2.46. The number of carbonyl (C=O) groups excluding carboxylic acids is 1. The van der Waals surface area contributed by atoms with E-state index in [-0.39, 0.29) is 5.91 Å². The van der Waals surface area contributed by atoms with E-state index in [1.807, 2.05) is 67.5 Å². The molecular formula is C17H19BrN2O. The van der Waals surface area contributed by atoms with Crippen LogP contribution in [0.3, 0.4) is 0 Å². The number of aryl methyl sites for hydroxylation is 1. The van der Waals surface area contributed by atoms with E-state index in [0.717, 1.165) is 27.8 Å². The third-order valence-corrected chi connectivity index (χ3v) is 3.69. The number of rotatable bonds is 5. The van der Waals surface area contributed by atoms with Gasteiger partial charge < -0.3 is 10.2 Å². The molecule has 0 aliphatic rings. The minimum atomic E-state index is 0.0348. The van der Waals surface area contributed by atoms with Crippen molar-refractivity contribution >= 4 is 33.2 Å². The van der Waals surface area contributed by atoms with Gasteiger partial charge in [0.05, 0.1) is 0 Å². The molecular weight excluding hydrogens is 328 g/mol. The highest BCUT2D eigenvalue weighted by molar-refractivity contribution is 9.10. The summed E-state index contributed by atoms with van der Waals surface area (Å²) in [6, 6.07) is 15.9. The van der Waals surface area contributed by atoms with Crippen LogP contribution in [0.2, 0.25) is 0 Å². The quantitative estimate of drug-likeness (QED) is 0.884. The molecule has 2 aromatic carbocycles. The maximum atomic E-state index is 12.0. The van der Waals surface area contributed by atoms with E-state index in [9.17, 15) is 4.79 Å². The van der Waals surface area contributed by atoms with Gasteiger partial charge in [0.25, 0.3) is 0 Å². The normalized spacial score (nSPS) is 10.2. The lowest BCUT2D eigenvalue weighted by Gasteiger charge is -2.13. The molecule has 2 rings (SSSR count). The van der Waals surface area contributed by atoms with Gasteiger partial charge in [-0.1, -0.05) is 28.1 Å². The Labute approximate surface area is 134 Å². The number of nitrogens with zero attached hydrogens (tertiary/aromatic N) is 1. The largest absolute Gasteiger partial charge is 0.378 e. The summed E-state index contributed by atoms with van der Waals surface area (Å²) in [5, 5.41) is 2.92. The second kappa shape index (κ2) is 7.27. The van der Waals surface area contributed by atoms with E-state index in [0.29, 0.717) is 6.42 Å². The fourth-order valence-electron chi connectivity index (χ4n) is 2.02. The molecule has 0 bridgehead atoms. The predicted octanol–water partition coefficient (Wildman–Crippen LogP) is 4.09. The van der Waals surface area contributed by atoms with Crippen molar-refractivity contribution in [3.05, 3.63) is 58.6 Å². The molecule has 0 aromatic heterocycles. The van der Waals surface area contributed by atoms with Crippen LogP contribution >= 0.6 is 15.9 Å². The molecule has 0 aliphatic carbocycles. The average molecular weight is 347 g/mol. The van der Waals surface area contributed by atoms with Crippen LogP contribution in [0.4, 0.5) is 11.4 Å². The molecule has 0 aliphatic heterocycles. The summed E-state index contributed by atoms with van der Waals surface area (Å²) in [4.78, 5) is 14.0. The maximum absolute atomic E-state index is 12.0. The maximum Gasteiger partial charge on any atom is 0.224 e. The molecule has 0 unspecified atom stereocenters. The lowest BCUT2D eigenvalue weighted by Crippen LogP contribution is -2.13.